The van der Waals surface area contributed by atoms with E-state index in [0.29, 0.717) is 12.2 Å². The summed E-state index contributed by atoms with van der Waals surface area (Å²) >= 11 is 0. The lowest BCUT2D eigenvalue weighted by molar-refractivity contribution is -0.389. The predicted molar refractivity (Wildman–Crippen MR) is 77.3 cm³/mol. The van der Waals surface area contributed by atoms with Crippen LogP contribution in [0.3, 0.4) is 0 Å². The minimum atomic E-state index is -1.07. The van der Waals surface area contributed by atoms with E-state index in [-0.39, 0.29) is 24.7 Å². The molecule has 1 heterocycles. The lowest BCUT2D eigenvalue weighted by Crippen LogP contribution is -2.41. The summed E-state index contributed by atoms with van der Waals surface area (Å²) in [5, 5.41) is 22.1. The number of nitrogens with one attached hydrogen (secondary N) is 1. The number of carboxylic acids is 1. The van der Waals surface area contributed by atoms with Gasteiger partial charge in [-0.15, -0.1) is 0 Å². The molecule has 0 radical (unpaired) electrons. The molecule has 1 atom stereocenters. The van der Waals surface area contributed by atoms with Gasteiger partial charge in [-0.3, -0.25) is 4.79 Å². The Bertz CT molecular complexity index is 567. The first-order chi connectivity index (χ1) is 10.2. The van der Waals surface area contributed by atoms with Crippen LogP contribution in [0.4, 0.5) is 5.82 Å². The van der Waals surface area contributed by atoms with Crippen LogP contribution in [0.5, 0.6) is 0 Å². The maximum atomic E-state index is 11.8. The molecule has 2 N–H and O–H groups in total. The van der Waals surface area contributed by atoms with Gasteiger partial charge in [0.25, 0.3) is 0 Å². The first kappa shape index (κ1) is 17.6. The number of imidazole rings is 1. The van der Waals surface area contributed by atoms with E-state index >= 15 is 0 Å². The molecule has 9 nitrogen and oxygen atoms in total. The molecular formula is C13H20N4O5. The standard InChI is InChI=1S/C13H20N4O5/c1-8(2)6-10(13(19)20)15-12(18)4-5-16-7-11(17(21)22)14-9(16)3/h7-8,10H,4-6H2,1-3H3,(H,15,18)(H,19,20). The number of rotatable bonds is 8. The minimum absolute atomic E-state index is 0.0240. The summed E-state index contributed by atoms with van der Waals surface area (Å²) in [6.45, 7) is 5.54. The van der Waals surface area contributed by atoms with Gasteiger partial charge >= 0.3 is 11.8 Å². The summed E-state index contributed by atoms with van der Waals surface area (Å²) in [6, 6.07) is -0.925. The van der Waals surface area contributed by atoms with Crippen LogP contribution in [0.15, 0.2) is 6.20 Å². The largest absolute Gasteiger partial charge is 0.480 e. The Hall–Kier alpha value is -2.45. The van der Waals surface area contributed by atoms with Crippen molar-refractivity contribution in [2.24, 2.45) is 5.92 Å². The molecule has 1 aromatic rings. The Morgan fingerprint density at radius 3 is 2.59 bits per heavy atom. The van der Waals surface area contributed by atoms with Crippen molar-refractivity contribution in [1.29, 1.82) is 0 Å². The van der Waals surface area contributed by atoms with Crippen LogP contribution in [-0.4, -0.2) is 37.5 Å². The van der Waals surface area contributed by atoms with E-state index in [2.05, 4.69) is 10.3 Å². The van der Waals surface area contributed by atoms with Crippen molar-refractivity contribution in [1.82, 2.24) is 14.9 Å². The van der Waals surface area contributed by atoms with E-state index in [1.165, 1.54) is 10.8 Å². The highest BCUT2D eigenvalue weighted by molar-refractivity contribution is 5.83. The molecule has 1 rings (SSSR count). The van der Waals surface area contributed by atoms with Gasteiger partial charge in [0.1, 0.15) is 12.2 Å². The highest BCUT2D eigenvalue weighted by Gasteiger charge is 2.21. The van der Waals surface area contributed by atoms with Crippen LogP contribution in [0.2, 0.25) is 0 Å². The minimum Gasteiger partial charge on any atom is -0.480 e. The van der Waals surface area contributed by atoms with Crippen LogP contribution < -0.4 is 5.32 Å². The second-order valence-electron chi connectivity index (χ2n) is 5.43. The highest BCUT2D eigenvalue weighted by Crippen LogP contribution is 2.11. The molecule has 122 valence electrons. The molecule has 1 unspecified atom stereocenters. The Labute approximate surface area is 127 Å². The molecule has 1 aromatic heterocycles. The number of hydrogen-bond donors (Lipinski definition) is 2. The third-order valence-electron chi connectivity index (χ3n) is 3.07. The van der Waals surface area contributed by atoms with Crippen molar-refractivity contribution in [2.45, 2.75) is 46.2 Å². The van der Waals surface area contributed by atoms with Gasteiger partial charge < -0.3 is 25.1 Å². The van der Waals surface area contributed by atoms with Crippen LogP contribution in [0.1, 0.15) is 32.5 Å². The average Bonchev–Trinajstić information content (AvgIpc) is 2.76. The van der Waals surface area contributed by atoms with E-state index in [1.807, 2.05) is 13.8 Å². The molecule has 0 aliphatic heterocycles. The van der Waals surface area contributed by atoms with Crippen LogP contribution >= 0.6 is 0 Å². The zero-order chi connectivity index (χ0) is 16.9. The summed E-state index contributed by atoms with van der Waals surface area (Å²) < 4.78 is 1.50. The van der Waals surface area contributed by atoms with Gasteiger partial charge in [-0.2, -0.15) is 0 Å². The summed E-state index contributed by atoms with van der Waals surface area (Å²) in [6.07, 6.45) is 1.62. The maximum absolute atomic E-state index is 11.8. The van der Waals surface area contributed by atoms with Gasteiger partial charge in [0, 0.05) is 19.9 Å². The summed E-state index contributed by atoms with van der Waals surface area (Å²) in [5.74, 6) is -1.20. The van der Waals surface area contributed by atoms with Gasteiger partial charge in [-0.05, 0) is 22.2 Å². The van der Waals surface area contributed by atoms with Crippen LogP contribution in [0, 0.1) is 23.0 Å². The van der Waals surface area contributed by atoms with Crippen LogP contribution in [-0.2, 0) is 16.1 Å². The molecule has 0 aromatic carbocycles. The Balaban J connectivity index is 2.58. The molecular weight excluding hydrogens is 292 g/mol. The molecule has 0 saturated heterocycles. The van der Waals surface area contributed by atoms with Gasteiger partial charge in [0.05, 0.1) is 0 Å². The van der Waals surface area contributed by atoms with Gasteiger partial charge in [-0.25, -0.2) is 4.79 Å². The Morgan fingerprint density at radius 2 is 2.14 bits per heavy atom. The second kappa shape index (κ2) is 7.53. The second-order valence-corrected chi connectivity index (χ2v) is 5.43. The normalized spacial score (nSPS) is 12.2. The number of hydrogen-bond acceptors (Lipinski definition) is 5. The summed E-state index contributed by atoms with van der Waals surface area (Å²) in [7, 11) is 0. The smallest absolute Gasteiger partial charge is 0.381 e. The van der Waals surface area contributed by atoms with Crippen molar-refractivity contribution in [3.8, 4) is 0 Å². The number of nitrogens with zero attached hydrogens (tertiary/aromatic N) is 3. The first-order valence-electron chi connectivity index (χ1n) is 6.91. The van der Waals surface area contributed by atoms with Gasteiger partial charge in [0.15, 0.2) is 0 Å². The average molecular weight is 312 g/mol. The number of aromatic nitrogens is 2. The number of carbonyl (C=O) groups excluding carboxylic acids is 1. The summed E-state index contributed by atoms with van der Waals surface area (Å²) in [5.41, 5.74) is 0. The van der Waals surface area contributed by atoms with Crippen molar-refractivity contribution in [3.63, 3.8) is 0 Å². The van der Waals surface area contributed by atoms with Crippen molar-refractivity contribution >= 4 is 17.7 Å². The van der Waals surface area contributed by atoms with E-state index < -0.39 is 22.8 Å². The number of carboxylic acid groups (broad SMARTS) is 1. The fourth-order valence-corrected chi connectivity index (χ4v) is 1.99. The maximum Gasteiger partial charge on any atom is 0.381 e. The quantitative estimate of drug-likeness (QED) is 0.546. The molecule has 0 spiro atoms. The van der Waals surface area contributed by atoms with E-state index in [4.69, 9.17) is 5.11 Å². The SMILES string of the molecule is Cc1nc([N+](=O)[O-])cn1CCC(=O)NC(CC(C)C)C(=O)O. The molecule has 0 bridgehead atoms. The molecule has 9 heteroatoms. The Morgan fingerprint density at radius 1 is 1.50 bits per heavy atom. The van der Waals surface area contributed by atoms with Crippen molar-refractivity contribution in [2.75, 3.05) is 0 Å². The molecule has 1 amide bonds. The molecule has 0 saturated carbocycles. The van der Waals surface area contributed by atoms with E-state index in [9.17, 15) is 19.7 Å². The number of nitro groups is 1. The van der Waals surface area contributed by atoms with Crippen LogP contribution in [0.25, 0.3) is 0 Å². The lowest BCUT2D eigenvalue weighted by atomic mass is 10.0. The highest BCUT2D eigenvalue weighted by atomic mass is 16.6. The zero-order valence-corrected chi connectivity index (χ0v) is 12.8. The number of aryl methyl sites for hydroxylation is 2. The monoisotopic (exact) mass is 312 g/mol. The zero-order valence-electron chi connectivity index (χ0n) is 12.8. The fourth-order valence-electron chi connectivity index (χ4n) is 1.99. The Kier molecular flexibility index (Phi) is 6.02. The molecule has 22 heavy (non-hydrogen) atoms. The van der Waals surface area contributed by atoms with Gasteiger partial charge in [-0.1, -0.05) is 13.8 Å². The van der Waals surface area contributed by atoms with Gasteiger partial charge in [0.2, 0.25) is 11.7 Å². The molecule has 0 fully saturated rings. The number of amides is 1. The number of aliphatic carboxylic acids is 1. The molecule has 0 aliphatic carbocycles. The van der Waals surface area contributed by atoms with E-state index in [1.54, 1.807) is 6.92 Å². The van der Waals surface area contributed by atoms with Crippen molar-refractivity contribution < 1.29 is 19.6 Å². The fraction of sp³-hybridized carbons (Fsp3) is 0.615. The summed E-state index contributed by atoms with van der Waals surface area (Å²) in [4.78, 5) is 36.7. The van der Waals surface area contributed by atoms with E-state index in [0.717, 1.165) is 0 Å². The predicted octanol–water partition coefficient (Wildman–Crippen LogP) is 1.11. The number of carbonyl (C=O) groups is 2. The van der Waals surface area contributed by atoms with Crippen molar-refractivity contribution in [3.05, 3.63) is 22.1 Å². The first-order valence-corrected chi connectivity index (χ1v) is 6.91. The molecule has 0 aliphatic rings. The topological polar surface area (TPSA) is 127 Å². The lowest BCUT2D eigenvalue weighted by Gasteiger charge is -2.16. The third kappa shape index (κ3) is 5.15. The third-order valence-corrected chi connectivity index (χ3v) is 3.07.